The van der Waals surface area contributed by atoms with Gasteiger partial charge in [-0.1, -0.05) is 103 Å². The van der Waals surface area contributed by atoms with Crippen LogP contribution >= 0.6 is 0 Å². The van der Waals surface area contributed by atoms with Crippen molar-refractivity contribution in [1.29, 1.82) is 0 Å². The lowest BCUT2D eigenvalue weighted by Gasteiger charge is -2.49. The van der Waals surface area contributed by atoms with Gasteiger partial charge in [0.05, 0.1) is 54.4 Å². The molecule has 0 spiro atoms. The van der Waals surface area contributed by atoms with Gasteiger partial charge in [0.2, 0.25) is 0 Å². The molecule has 0 aromatic heterocycles. The number of carbonyl (C=O) groups excluding carboxylic acids is 2. The Balaban J connectivity index is 1.71. The number of aliphatic hydroxyl groups excluding tert-OH is 2. The average molecular weight is 1050 g/mol. The molecule has 3 aliphatic rings. The Bertz CT molecular complexity index is 1840. The van der Waals surface area contributed by atoms with E-state index in [0.29, 0.717) is 25.2 Å². The molecule has 18 atom stereocenters. The Hall–Kier alpha value is -2.97. The zero-order valence-corrected chi connectivity index (χ0v) is 47.5. The lowest BCUT2D eigenvalue weighted by Crippen LogP contribution is -2.61. The van der Waals surface area contributed by atoms with Crippen molar-refractivity contribution >= 4 is 17.7 Å². The molecule has 3 heterocycles. The lowest BCUT2D eigenvalue weighted by molar-refractivity contribution is -0.318. The number of esters is 2. The molecule has 1 aromatic rings. The van der Waals surface area contributed by atoms with Gasteiger partial charge in [0, 0.05) is 50.2 Å². The monoisotopic (exact) mass is 1050 g/mol. The molecule has 4 N–H and O–H groups in total. The first-order valence-electron chi connectivity index (χ1n) is 27.8. The van der Waals surface area contributed by atoms with Crippen LogP contribution in [0, 0.1) is 23.7 Å². The first-order chi connectivity index (χ1) is 34.9. The molecule has 3 fully saturated rings. The molecule has 0 aliphatic carbocycles. The predicted molar refractivity (Wildman–Crippen MR) is 282 cm³/mol. The van der Waals surface area contributed by atoms with Crippen LogP contribution in [0.1, 0.15) is 166 Å². The molecule has 426 valence electrons. The van der Waals surface area contributed by atoms with Gasteiger partial charge in [0.1, 0.15) is 35.8 Å². The van der Waals surface area contributed by atoms with E-state index in [-0.39, 0.29) is 50.4 Å². The van der Waals surface area contributed by atoms with Crippen LogP contribution in [0.4, 0.5) is 0 Å². The molecule has 17 heteroatoms. The number of unbranched alkanes of at least 4 members (excludes halogenated alkanes) is 7. The quantitative estimate of drug-likeness (QED) is 0.0463. The third-order valence-corrected chi connectivity index (χ3v) is 15.9. The molecular weight excluding hydrogens is 953 g/mol. The van der Waals surface area contributed by atoms with Crippen molar-refractivity contribution in [3.05, 3.63) is 30.3 Å². The number of hydrogen-bond acceptors (Lipinski definition) is 17. The number of aliphatic hydroxyl groups is 4. The molecule has 1 aromatic carbocycles. The Morgan fingerprint density at radius 1 is 0.824 bits per heavy atom. The second-order valence-electron chi connectivity index (χ2n) is 22.6. The predicted octanol–water partition coefficient (Wildman–Crippen LogP) is 8.14. The van der Waals surface area contributed by atoms with Crippen molar-refractivity contribution in [3.8, 4) is 5.75 Å². The van der Waals surface area contributed by atoms with Gasteiger partial charge in [-0.25, -0.2) is 0 Å². The number of para-hydroxylation sites is 1. The highest BCUT2D eigenvalue weighted by atomic mass is 16.7. The number of likely N-dealkylation sites (N-methyl/N-ethyl adjacent to an activating group) is 1. The highest BCUT2D eigenvalue weighted by Gasteiger charge is 2.54. The van der Waals surface area contributed by atoms with Crippen LogP contribution in [0.15, 0.2) is 35.5 Å². The molecule has 2 unspecified atom stereocenters. The van der Waals surface area contributed by atoms with E-state index >= 15 is 0 Å². The summed E-state index contributed by atoms with van der Waals surface area (Å²) in [6.07, 6.45) is 0.0707. The maximum atomic E-state index is 14.7. The molecule has 0 amide bonds. The first kappa shape index (κ1) is 63.6. The number of carbonyl (C=O) groups is 2. The van der Waals surface area contributed by atoms with Gasteiger partial charge < -0.3 is 68.1 Å². The Labute approximate surface area is 443 Å². The summed E-state index contributed by atoms with van der Waals surface area (Å²) in [7, 11) is 5.30. The maximum absolute atomic E-state index is 14.7. The van der Waals surface area contributed by atoms with Crippen LogP contribution in [0.25, 0.3) is 0 Å². The lowest BCUT2D eigenvalue weighted by atomic mass is 9.73. The molecule has 4 rings (SSSR count). The summed E-state index contributed by atoms with van der Waals surface area (Å²) in [5.41, 5.74) is -4.50. The Morgan fingerprint density at radius 3 is 2.09 bits per heavy atom. The molecule has 0 saturated carbocycles. The minimum Gasteiger partial charge on any atom is -0.493 e. The summed E-state index contributed by atoms with van der Waals surface area (Å²) in [6.45, 7) is 20.1. The topological polar surface area (TPSA) is 214 Å². The van der Waals surface area contributed by atoms with Crippen LogP contribution < -0.4 is 4.74 Å². The number of benzene rings is 1. The van der Waals surface area contributed by atoms with E-state index in [9.17, 15) is 30.0 Å². The molecule has 17 nitrogen and oxygen atoms in total. The van der Waals surface area contributed by atoms with E-state index in [0.717, 1.165) is 31.4 Å². The molecular formula is C57H98N2O15. The fourth-order valence-corrected chi connectivity index (χ4v) is 11.4. The van der Waals surface area contributed by atoms with Gasteiger partial charge in [-0.2, -0.15) is 0 Å². The normalized spacial score (nSPS) is 38.3. The van der Waals surface area contributed by atoms with E-state index in [2.05, 4.69) is 12.1 Å². The second kappa shape index (κ2) is 29.7. The van der Waals surface area contributed by atoms with E-state index in [1.54, 1.807) is 48.7 Å². The largest absolute Gasteiger partial charge is 0.493 e. The molecule has 74 heavy (non-hydrogen) atoms. The van der Waals surface area contributed by atoms with Crippen LogP contribution in [0.2, 0.25) is 0 Å². The second-order valence-corrected chi connectivity index (χ2v) is 22.6. The summed E-state index contributed by atoms with van der Waals surface area (Å²) in [5, 5.41) is 53.8. The van der Waals surface area contributed by atoms with Gasteiger partial charge in [-0.15, -0.1) is 0 Å². The van der Waals surface area contributed by atoms with Gasteiger partial charge in [0.15, 0.2) is 18.7 Å². The smallest absolute Gasteiger partial charge is 0.311 e. The Kier molecular flexibility index (Phi) is 25.5. The number of rotatable bonds is 23. The van der Waals surface area contributed by atoms with Crippen molar-refractivity contribution in [2.45, 2.75) is 250 Å². The van der Waals surface area contributed by atoms with Gasteiger partial charge in [0.25, 0.3) is 0 Å². The van der Waals surface area contributed by atoms with Crippen LogP contribution in [-0.4, -0.2) is 162 Å². The number of methoxy groups -OCH3 is 1. The summed E-state index contributed by atoms with van der Waals surface area (Å²) >= 11 is 0. The fraction of sp³-hybridized carbons (Fsp3) is 0.842. The van der Waals surface area contributed by atoms with Crippen molar-refractivity contribution < 1.29 is 72.7 Å². The SMILES string of the molecule is CCCCCCCCCCC(=O)O[C@H]1[C@H](C)OC(O[C@H]2[C@H](C)[C@@H](O[C@@H]3O[C@H](C)C[C@H](N(C)C)[C@H]3O)C(C)(O)C[C@@H](C)/C(=N\OCCCOc3ccccc3)[C@@H](C)[C@@H](O)[C@](C)(O)[C@H](CC)OC(=O)[C@@H]2C)C[C@@]1(C)OC. The number of nitrogens with zero attached hydrogens (tertiary/aromatic N) is 2. The summed E-state index contributed by atoms with van der Waals surface area (Å²) < 4.78 is 51.0. The zero-order chi connectivity index (χ0) is 55.0. The maximum Gasteiger partial charge on any atom is 0.311 e. The standard InChI is InChI=1S/C57H98N2O15/c1-15-17-18-19-20-21-22-26-30-45(60)72-52-41(8)70-46(35-56(52,10)66-14)73-49-39(6)51(74-54-48(61)43(59(12)13)33-37(4)69-54)55(9,64)34-36(3)47(58-68-32-27-31-67-42-28-24-23-25-29-42)38(5)50(62)57(11,65)44(16-2)71-53(63)40(49)7/h23-25,28-29,36-41,43-44,46,48-52,54,61-62,64-65H,15-22,26-27,30-35H2,1-14H3/b58-47+/t36-,37-,38-,39+,40-,41+,43+,44+,46?,48-,49+,50-,51-,52+,54+,55?,56-,57-/m1/s1. The van der Waals surface area contributed by atoms with Crippen molar-refractivity contribution in [2.75, 3.05) is 34.4 Å². The number of oxime groups is 1. The van der Waals surface area contributed by atoms with Crippen LogP contribution in [-0.2, 0) is 47.6 Å². The summed E-state index contributed by atoms with van der Waals surface area (Å²) in [5.74, 6) is -3.79. The molecule has 3 aliphatic heterocycles. The third kappa shape index (κ3) is 17.5. The van der Waals surface area contributed by atoms with Crippen molar-refractivity contribution in [3.63, 3.8) is 0 Å². The third-order valence-electron chi connectivity index (χ3n) is 15.9. The van der Waals surface area contributed by atoms with E-state index in [1.807, 2.05) is 70.1 Å². The first-order valence-corrected chi connectivity index (χ1v) is 27.8. The van der Waals surface area contributed by atoms with Crippen LogP contribution in [0.5, 0.6) is 5.75 Å². The van der Waals surface area contributed by atoms with Gasteiger partial charge >= 0.3 is 11.9 Å². The minimum absolute atomic E-state index is 0.0243. The number of ether oxygens (including phenoxy) is 8. The van der Waals surface area contributed by atoms with E-state index in [4.69, 9.17) is 42.7 Å². The Morgan fingerprint density at radius 2 is 1.47 bits per heavy atom. The number of hydrogen-bond donors (Lipinski definition) is 4. The van der Waals surface area contributed by atoms with Crippen molar-refractivity contribution in [1.82, 2.24) is 4.90 Å². The van der Waals surface area contributed by atoms with E-state index < -0.39 is 102 Å². The molecule has 0 radical (unpaired) electrons. The highest BCUT2D eigenvalue weighted by Crippen LogP contribution is 2.42. The van der Waals surface area contributed by atoms with Crippen LogP contribution in [0.3, 0.4) is 0 Å². The highest BCUT2D eigenvalue weighted by molar-refractivity contribution is 5.88. The van der Waals surface area contributed by atoms with Crippen molar-refractivity contribution in [2.24, 2.45) is 28.8 Å². The number of cyclic esters (lactones) is 1. The van der Waals surface area contributed by atoms with Gasteiger partial charge in [-0.05, 0) is 93.5 Å². The minimum atomic E-state index is -1.98. The molecule has 3 saturated heterocycles. The van der Waals surface area contributed by atoms with E-state index in [1.165, 1.54) is 32.6 Å². The zero-order valence-electron chi connectivity index (χ0n) is 47.5. The van der Waals surface area contributed by atoms with Gasteiger partial charge in [-0.3, -0.25) is 9.59 Å². The molecule has 0 bridgehead atoms. The summed E-state index contributed by atoms with van der Waals surface area (Å²) in [4.78, 5) is 35.8. The fourth-order valence-electron chi connectivity index (χ4n) is 11.4. The summed E-state index contributed by atoms with van der Waals surface area (Å²) in [6, 6.07) is 9.07. The average Bonchev–Trinajstić information content (AvgIpc) is 3.35.